The molecule has 0 heterocycles. The van der Waals surface area contributed by atoms with E-state index in [2.05, 4.69) is 20.8 Å². The van der Waals surface area contributed by atoms with Gasteiger partial charge in [0.05, 0.1) is 32.7 Å². The van der Waals surface area contributed by atoms with Crippen LogP contribution in [0.3, 0.4) is 0 Å². The first-order valence-corrected chi connectivity index (χ1v) is 13.4. The molecule has 0 aliphatic heterocycles. The van der Waals surface area contributed by atoms with Gasteiger partial charge in [-0.1, -0.05) is 86.0 Å². The zero-order valence-corrected chi connectivity index (χ0v) is 22.4. The summed E-state index contributed by atoms with van der Waals surface area (Å²) in [5.41, 5.74) is -2.30. The summed E-state index contributed by atoms with van der Waals surface area (Å²) in [7, 11) is 0. The molecular formula is C27H50O7. The van der Waals surface area contributed by atoms with Gasteiger partial charge in [-0.25, -0.2) is 4.79 Å². The number of rotatable bonds is 21. The first-order chi connectivity index (χ1) is 16.2. The molecular weight excluding hydrogens is 436 g/mol. The summed E-state index contributed by atoms with van der Waals surface area (Å²) in [4.78, 5) is 37.5. The van der Waals surface area contributed by atoms with E-state index in [9.17, 15) is 19.5 Å². The van der Waals surface area contributed by atoms with Crippen molar-refractivity contribution in [3.8, 4) is 0 Å². The lowest BCUT2D eigenvalue weighted by molar-refractivity contribution is -0.179. The molecule has 200 valence electrons. The molecule has 0 spiro atoms. The summed E-state index contributed by atoms with van der Waals surface area (Å²) < 4.78 is 15.8. The topological polar surface area (TPSA) is 99.1 Å². The maximum absolute atomic E-state index is 12.8. The van der Waals surface area contributed by atoms with Gasteiger partial charge in [0.15, 0.2) is 5.60 Å². The van der Waals surface area contributed by atoms with Gasteiger partial charge in [0.25, 0.3) is 0 Å². The van der Waals surface area contributed by atoms with Gasteiger partial charge < -0.3 is 19.3 Å². The lowest BCUT2D eigenvalue weighted by Crippen LogP contribution is -2.45. The number of ether oxygens (including phenoxy) is 3. The Morgan fingerprint density at radius 1 is 0.676 bits per heavy atom. The van der Waals surface area contributed by atoms with Crippen molar-refractivity contribution < 1.29 is 33.7 Å². The molecule has 7 nitrogen and oxygen atoms in total. The Morgan fingerprint density at radius 2 is 1.15 bits per heavy atom. The van der Waals surface area contributed by atoms with E-state index in [4.69, 9.17) is 14.2 Å². The fraction of sp³-hybridized carbons (Fsp3) is 0.889. The van der Waals surface area contributed by atoms with Crippen LogP contribution < -0.4 is 0 Å². The van der Waals surface area contributed by atoms with Gasteiger partial charge in [0.2, 0.25) is 0 Å². The van der Waals surface area contributed by atoms with Crippen LogP contribution in [0.1, 0.15) is 118 Å². The smallest absolute Gasteiger partial charge is 0.339 e. The largest absolute Gasteiger partial charge is 0.466 e. The molecule has 0 saturated heterocycles. The van der Waals surface area contributed by atoms with Crippen LogP contribution >= 0.6 is 0 Å². The fourth-order valence-corrected chi connectivity index (χ4v) is 3.54. The average Bonchev–Trinajstić information content (AvgIpc) is 2.80. The van der Waals surface area contributed by atoms with Crippen molar-refractivity contribution in [3.05, 3.63) is 0 Å². The molecule has 0 bridgehead atoms. The maximum atomic E-state index is 12.8. The van der Waals surface area contributed by atoms with E-state index in [1.807, 2.05) is 13.8 Å². The summed E-state index contributed by atoms with van der Waals surface area (Å²) >= 11 is 0. The molecule has 3 atom stereocenters. The van der Waals surface area contributed by atoms with Crippen molar-refractivity contribution in [1.82, 2.24) is 0 Å². The third kappa shape index (κ3) is 16.1. The number of hydrogen-bond acceptors (Lipinski definition) is 7. The third-order valence-corrected chi connectivity index (χ3v) is 5.89. The van der Waals surface area contributed by atoms with E-state index in [0.717, 1.165) is 70.6 Å². The second-order valence-corrected chi connectivity index (χ2v) is 9.80. The highest BCUT2D eigenvalue weighted by molar-refractivity contribution is 5.90. The standard InChI is InChI=1S/C27H50O7/c1-6-9-12-13-14-17-32-24(28)18-27(31,26(30)34-21-23(5)16-11-8-3)19-25(29)33-20-22(4)15-10-7-2/h22-23,31H,6-21H2,1-5H3. The van der Waals surface area contributed by atoms with Crippen molar-refractivity contribution in [2.24, 2.45) is 11.8 Å². The monoisotopic (exact) mass is 486 g/mol. The highest BCUT2D eigenvalue weighted by atomic mass is 16.6. The first-order valence-electron chi connectivity index (χ1n) is 13.4. The molecule has 0 aliphatic rings. The van der Waals surface area contributed by atoms with E-state index >= 15 is 0 Å². The predicted molar refractivity (Wildman–Crippen MR) is 133 cm³/mol. The molecule has 0 fully saturated rings. The van der Waals surface area contributed by atoms with Gasteiger partial charge in [-0.15, -0.1) is 0 Å². The number of esters is 3. The van der Waals surface area contributed by atoms with E-state index in [1.165, 1.54) is 0 Å². The molecule has 0 amide bonds. The molecule has 0 aliphatic carbocycles. The van der Waals surface area contributed by atoms with Crippen molar-refractivity contribution in [3.63, 3.8) is 0 Å². The maximum Gasteiger partial charge on any atom is 0.339 e. The minimum atomic E-state index is -2.30. The lowest BCUT2D eigenvalue weighted by Gasteiger charge is -2.25. The Bertz CT molecular complexity index is 563. The minimum absolute atomic E-state index is 0.120. The average molecular weight is 487 g/mol. The second kappa shape index (κ2) is 19.7. The summed E-state index contributed by atoms with van der Waals surface area (Å²) in [6, 6.07) is 0. The van der Waals surface area contributed by atoms with Crippen molar-refractivity contribution in [2.75, 3.05) is 19.8 Å². The van der Waals surface area contributed by atoms with Gasteiger partial charge in [0, 0.05) is 0 Å². The molecule has 0 saturated carbocycles. The zero-order chi connectivity index (χ0) is 25.8. The summed E-state index contributed by atoms with van der Waals surface area (Å²) in [6.07, 6.45) is 9.69. The van der Waals surface area contributed by atoms with Crippen LogP contribution in [0, 0.1) is 11.8 Å². The second-order valence-electron chi connectivity index (χ2n) is 9.80. The molecule has 0 aromatic heterocycles. The molecule has 0 aromatic carbocycles. The third-order valence-electron chi connectivity index (χ3n) is 5.89. The molecule has 1 N–H and O–H groups in total. The number of carbonyl (C=O) groups excluding carboxylic acids is 3. The Hall–Kier alpha value is -1.63. The van der Waals surface area contributed by atoms with E-state index < -0.39 is 36.4 Å². The minimum Gasteiger partial charge on any atom is -0.466 e. The molecule has 0 aromatic rings. The molecule has 7 heteroatoms. The van der Waals surface area contributed by atoms with Crippen molar-refractivity contribution in [1.29, 1.82) is 0 Å². The number of aliphatic hydroxyl groups is 1. The summed E-state index contributed by atoms with van der Waals surface area (Å²) in [5, 5.41) is 11.0. The molecule has 34 heavy (non-hydrogen) atoms. The normalized spacial score (nSPS) is 14.6. The summed E-state index contributed by atoms with van der Waals surface area (Å²) in [5.74, 6) is -2.13. The van der Waals surface area contributed by atoms with Crippen LogP contribution in [0.25, 0.3) is 0 Å². The molecule has 0 rings (SSSR count). The van der Waals surface area contributed by atoms with Crippen LogP contribution in [-0.4, -0.2) is 48.4 Å². The van der Waals surface area contributed by atoms with Crippen LogP contribution in [0.4, 0.5) is 0 Å². The van der Waals surface area contributed by atoms with Crippen LogP contribution in [0.2, 0.25) is 0 Å². The summed E-state index contributed by atoms with van der Waals surface area (Å²) in [6.45, 7) is 10.8. The van der Waals surface area contributed by atoms with Gasteiger partial charge in [0.1, 0.15) is 0 Å². The van der Waals surface area contributed by atoms with Gasteiger partial charge in [-0.05, 0) is 31.1 Å². The fourth-order valence-electron chi connectivity index (χ4n) is 3.54. The Balaban J connectivity index is 4.92. The Kier molecular flexibility index (Phi) is 18.7. The predicted octanol–water partition coefficient (Wildman–Crippen LogP) is 5.75. The van der Waals surface area contributed by atoms with Crippen molar-refractivity contribution >= 4 is 17.9 Å². The highest BCUT2D eigenvalue weighted by Crippen LogP contribution is 2.22. The SMILES string of the molecule is CCCCCCCOC(=O)CC(O)(CC(=O)OCC(C)CCCC)C(=O)OCC(C)CCCC. The van der Waals surface area contributed by atoms with E-state index in [1.54, 1.807) is 0 Å². The molecule has 0 radical (unpaired) electrons. The van der Waals surface area contributed by atoms with Crippen LogP contribution in [0.15, 0.2) is 0 Å². The van der Waals surface area contributed by atoms with Gasteiger partial charge >= 0.3 is 17.9 Å². The van der Waals surface area contributed by atoms with Crippen molar-refractivity contribution in [2.45, 2.75) is 124 Å². The quantitative estimate of drug-likeness (QED) is 0.125. The lowest BCUT2D eigenvalue weighted by atomic mass is 9.95. The van der Waals surface area contributed by atoms with E-state index in [-0.39, 0.29) is 31.7 Å². The number of unbranched alkanes of at least 4 members (excludes halogenated alkanes) is 6. The van der Waals surface area contributed by atoms with Gasteiger partial charge in [-0.3, -0.25) is 9.59 Å². The van der Waals surface area contributed by atoms with E-state index in [0.29, 0.717) is 0 Å². The number of carbonyl (C=O) groups is 3. The zero-order valence-electron chi connectivity index (χ0n) is 22.4. The van der Waals surface area contributed by atoms with Crippen LogP contribution in [0.5, 0.6) is 0 Å². The first kappa shape index (κ1) is 32.4. The highest BCUT2D eigenvalue weighted by Gasteiger charge is 2.43. The Morgan fingerprint density at radius 3 is 1.68 bits per heavy atom. The number of hydrogen-bond donors (Lipinski definition) is 1. The van der Waals surface area contributed by atoms with Crippen LogP contribution in [-0.2, 0) is 28.6 Å². The molecule has 3 unspecified atom stereocenters. The van der Waals surface area contributed by atoms with Gasteiger partial charge in [-0.2, -0.15) is 0 Å². The Labute approximate surface area is 207 Å².